The standard InChI is InChI=1S/C26H22N4O3/c1-14-23(28-15(2)24(14)26(32)33)12-20-19-11-17(9-10-22(19)29-25(20)31)21-13-27-30(16(21)3)18-7-5-4-6-8-18/h4-13,28H,1-3H3,(H,29,31)(H,32,33). The first-order valence-corrected chi connectivity index (χ1v) is 10.6. The Hall–Kier alpha value is -4.39. The van der Waals surface area contributed by atoms with Crippen LogP contribution >= 0.6 is 0 Å². The molecule has 0 radical (unpaired) electrons. The van der Waals surface area contributed by atoms with Crippen LogP contribution in [0.5, 0.6) is 0 Å². The topological polar surface area (TPSA) is 100 Å². The van der Waals surface area contributed by atoms with Gasteiger partial charge in [0.25, 0.3) is 5.91 Å². The minimum Gasteiger partial charge on any atom is -0.478 e. The molecule has 1 aliphatic heterocycles. The van der Waals surface area contributed by atoms with Crippen molar-refractivity contribution < 1.29 is 14.7 Å². The highest BCUT2D eigenvalue weighted by Crippen LogP contribution is 2.37. The molecule has 7 nitrogen and oxygen atoms in total. The van der Waals surface area contributed by atoms with Gasteiger partial charge in [0.05, 0.1) is 23.0 Å². The summed E-state index contributed by atoms with van der Waals surface area (Å²) < 4.78 is 1.89. The number of aromatic nitrogens is 3. The van der Waals surface area contributed by atoms with Gasteiger partial charge in [-0.1, -0.05) is 24.3 Å². The predicted octanol–water partition coefficient (Wildman–Crippen LogP) is 4.98. The molecule has 1 amide bonds. The van der Waals surface area contributed by atoms with E-state index in [2.05, 4.69) is 15.4 Å². The van der Waals surface area contributed by atoms with E-state index in [1.807, 2.05) is 66.3 Å². The second-order valence-corrected chi connectivity index (χ2v) is 8.13. The fourth-order valence-corrected chi connectivity index (χ4v) is 4.41. The number of hydrogen-bond acceptors (Lipinski definition) is 3. The molecule has 2 aromatic carbocycles. The number of nitrogens with one attached hydrogen (secondary N) is 2. The van der Waals surface area contributed by atoms with Crippen LogP contribution in [0.4, 0.5) is 5.69 Å². The molecular weight excluding hydrogens is 416 g/mol. The second kappa shape index (κ2) is 7.63. The number of benzene rings is 2. The Bertz CT molecular complexity index is 1460. The number of carboxylic acids is 1. The van der Waals surface area contributed by atoms with Gasteiger partial charge < -0.3 is 15.4 Å². The molecule has 0 bridgehead atoms. The van der Waals surface area contributed by atoms with E-state index < -0.39 is 5.97 Å². The van der Waals surface area contributed by atoms with Crippen LogP contribution in [0.3, 0.4) is 0 Å². The highest BCUT2D eigenvalue weighted by molar-refractivity contribution is 6.35. The first-order valence-electron chi connectivity index (χ1n) is 10.6. The van der Waals surface area contributed by atoms with Gasteiger partial charge in [0, 0.05) is 33.9 Å². The summed E-state index contributed by atoms with van der Waals surface area (Å²) in [7, 11) is 0. The molecule has 4 aromatic rings. The number of aryl methyl sites for hydroxylation is 1. The van der Waals surface area contributed by atoms with E-state index in [-0.39, 0.29) is 11.5 Å². The lowest BCUT2D eigenvalue weighted by molar-refractivity contribution is -0.110. The largest absolute Gasteiger partial charge is 0.478 e. The van der Waals surface area contributed by atoms with Crippen molar-refractivity contribution in [2.24, 2.45) is 0 Å². The van der Waals surface area contributed by atoms with Crippen LogP contribution in [0.1, 0.15) is 38.6 Å². The molecule has 0 fully saturated rings. The number of rotatable bonds is 4. The van der Waals surface area contributed by atoms with E-state index in [4.69, 9.17) is 0 Å². The second-order valence-electron chi connectivity index (χ2n) is 8.13. The first kappa shape index (κ1) is 20.5. The molecule has 5 rings (SSSR count). The maximum Gasteiger partial charge on any atom is 0.337 e. The smallest absolute Gasteiger partial charge is 0.337 e. The van der Waals surface area contributed by atoms with Gasteiger partial charge in [0.15, 0.2) is 0 Å². The van der Waals surface area contributed by atoms with E-state index in [0.29, 0.717) is 22.5 Å². The van der Waals surface area contributed by atoms with Crippen molar-refractivity contribution in [2.75, 3.05) is 5.32 Å². The van der Waals surface area contributed by atoms with Crippen molar-refractivity contribution in [2.45, 2.75) is 20.8 Å². The molecule has 33 heavy (non-hydrogen) atoms. The number of amides is 1. The number of aromatic amines is 1. The zero-order valence-corrected chi connectivity index (χ0v) is 18.4. The summed E-state index contributed by atoms with van der Waals surface area (Å²) in [6.07, 6.45) is 3.55. The number of carbonyl (C=O) groups is 2. The molecule has 7 heteroatoms. The van der Waals surface area contributed by atoms with Gasteiger partial charge in [-0.2, -0.15) is 5.10 Å². The normalized spacial score (nSPS) is 13.9. The molecular formula is C26H22N4O3. The number of carboxylic acid groups (broad SMARTS) is 1. The molecule has 0 saturated carbocycles. The number of para-hydroxylation sites is 1. The molecule has 2 aromatic heterocycles. The van der Waals surface area contributed by atoms with Crippen molar-refractivity contribution in [3.8, 4) is 16.8 Å². The van der Waals surface area contributed by atoms with Crippen LogP contribution in [0.2, 0.25) is 0 Å². The average molecular weight is 438 g/mol. The molecule has 164 valence electrons. The lowest BCUT2D eigenvalue weighted by atomic mass is 9.98. The SMILES string of the molecule is Cc1[nH]c(C=C2C(=O)Nc3ccc(-c4cnn(-c5ccccc5)c4C)cc32)c(C)c1C(=O)O. The Morgan fingerprint density at radius 1 is 1.06 bits per heavy atom. The Kier molecular flexibility index (Phi) is 4.74. The zero-order chi connectivity index (χ0) is 23.3. The minimum absolute atomic E-state index is 0.220. The van der Waals surface area contributed by atoms with E-state index in [9.17, 15) is 14.7 Å². The van der Waals surface area contributed by atoms with Crippen LogP contribution in [-0.4, -0.2) is 31.7 Å². The molecule has 1 aliphatic rings. The number of anilines is 1. The van der Waals surface area contributed by atoms with Gasteiger partial charge in [0.2, 0.25) is 0 Å². The van der Waals surface area contributed by atoms with E-state index >= 15 is 0 Å². The van der Waals surface area contributed by atoms with Crippen LogP contribution in [0.15, 0.2) is 54.7 Å². The van der Waals surface area contributed by atoms with Gasteiger partial charge in [-0.05, 0) is 62.2 Å². The van der Waals surface area contributed by atoms with E-state index in [1.165, 1.54) is 0 Å². The highest BCUT2D eigenvalue weighted by Gasteiger charge is 2.26. The third-order valence-corrected chi connectivity index (χ3v) is 6.10. The third-order valence-electron chi connectivity index (χ3n) is 6.10. The molecule has 0 aliphatic carbocycles. The molecule has 0 saturated heterocycles. The van der Waals surface area contributed by atoms with E-state index in [0.717, 1.165) is 33.8 Å². The number of carbonyl (C=O) groups excluding carboxylic acids is 1. The lowest BCUT2D eigenvalue weighted by Gasteiger charge is -2.07. The summed E-state index contributed by atoms with van der Waals surface area (Å²) in [6, 6.07) is 15.7. The predicted molar refractivity (Wildman–Crippen MR) is 127 cm³/mol. The van der Waals surface area contributed by atoms with Crippen LogP contribution in [0, 0.1) is 20.8 Å². The van der Waals surface area contributed by atoms with Crippen molar-refractivity contribution in [3.63, 3.8) is 0 Å². The maximum absolute atomic E-state index is 12.8. The van der Waals surface area contributed by atoms with E-state index in [1.54, 1.807) is 19.9 Å². The monoisotopic (exact) mass is 438 g/mol. The Labute approximate surface area is 190 Å². The minimum atomic E-state index is -0.990. The Morgan fingerprint density at radius 3 is 2.52 bits per heavy atom. The molecule has 3 N–H and O–H groups in total. The number of nitrogens with zero attached hydrogens (tertiary/aromatic N) is 2. The van der Waals surface area contributed by atoms with Crippen molar-refractivity contribution >= 4 is 29.2 Å². The van der Waals surface area contributed by atoms with Gasteiger partial charge in [-0.3, -0.25) is 4.79 Å². The molecule has 0 spiro atoms. The fourth-order valence-electron chi connectivity index (χ4n) is 4.41. The average Bonchev–Trinajstić information content (AvgIpc) is 3.41. The maximum atomic E-state index is 12.8. The quantitative estimate of drug-likeness (QED) is 0.391. The molecule has 0 atom stereocenters. The summed E-state index contributed by atoms with van der Waals surface area (Å²) >= 11 is 0. The number of H-pyrrole nitrogens is 1. The Balaban J connectivity index is 1.58. The third kappa shape index (κ3) is 3.34. The highest BCUT2D eigenvalue weighted by atomic mass is 16.4. The summed E-state index contributed by atoms with van der Waals surface area (Å²) in [5.41, 5.74) is 7.88. The molecule has 3 heterocycles. The van der Waals surface area contributed by atoms with Gasteiger partial charge in [0.1, 0.15) is 0 Å². The number of aromatic carboxylic acids is 1. The summed E-state index contributed by atoms with van der Waals surface area (Å²) in [4.78, 5) is 27.4. The van der Waals surface area contributed by atoms with Gasteiger partial charge in [-0.15, -0.1) is 0 Å². The summed E-state index contributed by atoms with van der Waals surface area (Å²) in [5.74, 6) is -1.21. The summed E-state index contributed by atoms with van der Waals surface area (Å²) in [5, 5.41) is 16.9. The summed E-state index contributed by atoms with van der Waals surface area (Å²) in [6.45, 7) is 5.47. The number of hydrogen-bond donors (Lipinski definition) is 3. The number of fused-ring (bicyclic) bond motifs is 1. The zero-order valence-electron chi connectivity index (χ0n) is 18.4. The van der Waals surface area contributed by atoms with Gasteiger partial charge >= 0.3 is 5.97 Å². The van der Waals surface area contributed by atoms with Gasteiger partial charge in [-0.25, -0.2) is 9.48 Å². The Morgan fingerprint density at radius 2 is 1.82 bits per heavy atom. The van der Waals surface area contributed by atoms with Crippen molar-refractivity contribution in [3.05, 3.63) is 88.5 Å². The first-order chi connectivity index (χ1) is 15.8. The lowest BCUT2D eigenvalue weighted by Crippen LogP contribution is -2.03. The van der Waals surface area contributed by atoms with Crippen molar-refractivity contribution in [1.29, 1.82) is 0 Å². The van der Waals surface area contributed by atoms with Crippen molar-refractivity contribution in [1.82, 2.24) is 14.8 Å². The van der Waals surface area contributed by atoms with Crippen LogP contribution < -0.4 is 5.32 Å². The van der Waals surface area contributed by atoms with Crippen LogP contribution in [0.25, 0.3) is 28.5 Å². The molecule has 0 unspecified atom stereocenters. The van der Waals surface area contributed by atoms with Crippen LogP contribution in [-0.2, 0) is 4.79 Å². The fraction of sp³-hybridized carbons (Fsp3) is 0.115.